The Morgan fingerprint density at radius 2 is 2.04 bits per heavy atom. The van der Waals surface area contributed by atoms with Gasteiger partial charge in [-0.2, -0.15) is 13.2 Å². The molecule has 10 heteroatoms. The van der Waals surface area contributed by atoms with Crippen molar-refractivity contribution < 1.29 is 18.0 Å². The predicted octanol–water partition coefficient (Wildman–Crippen LogP) is 2.64. The third-order valence-electron chi connectivity index (χ3n) is 4.33. The summed E-state index contributed by atoms with van der Waals surface area (Å²) in [6.07, 6.45) is -0.614. The van der Waals surface area contributed by atoms with Crippen molar-refractivity contribution in [2.75, 3.05) is 32.7 Å². The molecule has 6 nitrogen and oxygen atoms in total. The average molecular weight is 415 g/mol. The van der Waals surface area contributed by atoms with E-state index in [0.29, 0.717) is 0 Å². The Kier molecular flexibility index (Phi) is 7.90. The minimum Gasteiger partial charge on any atom is -0.350 e. The molecule has 2 aromatic heterocycles. The van der Waals surface area contributed by atoms with Gasteiger partial charge in [-0.1, -0.05) is 0 Å². The lowest BCUT2D eigenvalue weighted by Gasteiger charge is -2.40. The van der Waals surface area contributed by atoms with Crippen LogP contribution in [0.4, 0.5) is 13.2 Å². The first-order valence-corrected chi connectivity index (χ1v) is 9.68. The number of thiazole rings is 1. The monoisotopic (exact) mass is 415 g/mol. The highest BCUT2D eigenvalue weighted by atomic mass is 32.1. The van der Waals surface area contributed by atoms with Gasteiger partial charge in [-0.3, -0.25) is 14.7 Å². The molecular formula is C18H24F3N5OS. The maximum Gasteiger partial charge on any atom is 0.405 e. The van der Waals surface area contributed by atoms with Crippen LogP contribution in [0, 0.1) is 0 Å². The largest absolute Gasteiger partial charge is 0.405 e. The molecule has 1 saturated heterocycles. The molecule has 1 fully saturated rings. The van der Waals surface area contributed by atoms with E-state index in [2.05, 4.69) is 40.5 Å². The van der Waals surface area contributed by atoms with Crippen LogP contribution < -0.4 is 10.6 Å². The smallest absolute Gasteiger partial charge is 0.350 e. The summed E-state index contributed by atoms with van der Waals surface area (Å²) >= 11 is 1.70. The maximum absolute atomic E-state index is 11.0. The summed E-state index contributed by atoms with van der Waals surface area (Å²) in [5.41, 5.74) is 2.24. The van der Waals surface area contributed by atoms with Gasteiger partial charge in [-0.15, -0.1) is 11.3 Å². The molecular weight excluding hydrogens is 391 g/mol. The summed E-state index contributed by atoms with van der Waals surface area (Å²) in [6, 6.07) is 4.02. The second kappa shape index (κ2) is 9.94. The van der Waals surface area contributed by atoms with Gasteiger partial charge in [0.05, 0.1) is 11.2 Å². The van der Waals surface area contributed by atoms with Crippen molar-refractivity contribution >= 4 is 17.7 Å². The highest BCUT2D eigenvalue weighted by Crippen LogP contribution is 2.32. The van der Waals surface area contributed by atoms with Gasteiger partial charge >= 0.3 is 6.18 Å². The number of pyridine rings is 1. The third kappa shape index (κ3) is 6.54. The molecule has 0 saturated carbocycles. The van der Waals surface area contributed by atoms with Crippen LogP contribution in [-0.2, 0) is 10.3 Å². The lowest BCUT2D eigenvalue weighted by atomic mass is 9.98. The summed E-state index contributed by atoms with van der Waals surface area (Å²) in [5, 5.41) is 8.12. The molecule has 1 aliphatic rings. The summed E-state index contributed by atoms with van der Waals surface area (Å²) in [7, 11) is 0. The fraction of sp³-hybridized carbons (Fsp3) is 0.500. The zero-order chi connectivity index (χ0) is 20.6. The molecule has 3 heterocycles. The number of halogens is 3. The first-order chi connectivity index (χ1) is 13.2. The number of piperazine rings is 1. The number of aromatic nitrogens is 2. The van der Waals surface area contributed by atoms with Crippen molar-refractivity contribution in [1.29, 1.82) is 0 Å². The average Bonchev–Trinajstić information content (AvgIpc) is 3.19. The van der Waals surface area contributed by atoms with E-state index in [1.807, 2.05) is 12.3 Å². The normalized spacial score (nSPS) is 15.5. The van der Waals surface area contributed by atoms with E-state index in [0.717, 1.165) is 42.4 Å². The van der Waals surface area contributed by atoms with Crippen molar-refractivity contribution in [2.24, 2.45) is 0 Å². The molecule has 154 valence electrons. The minimum atomic E-state index is -4.29. The number of nitrogens with zero attached hydrogens (tertiary/aromatic N) is 3. The predicted molar refractivity (Wildman–Crippen MR) is 103 cm³/mol. The van der Waals surface area contributed by atoms with Gasteiger partial charge in [0, 0.05) is 49.5 Å². The van der Waals surface area contributed by atoms with E-state index < -0.39 is 12.7 Å². The van der Waals surface area contributed by atoms with Crippen molar-refractivity contribution in [3.8, 4) is 10.6 Å². The maximum atomic E-state index is 11.0. The lowest BCUT2D eigenvalue weighted by Crippen LogP contribution is -2.51. The Bertz CT molecular complexity index is 730. The fourth-order valence-corrected chi connectivity index (χ4v) is 3.69. The highest BCUT2D eigenvalue weighted by molar-refractivity contribution is 7.13. The molecule has 1 aliphatic heterocycles. The zero-order valence-electron chi connectivity index (χ0n) is 15.8. The van der Waals surface area contributed by atoms with Gasteiger partial charge < -0.3 is 10.6 Å². The summed E-state index contributed by atoms with van der Waals surface area (Å²) < 4.78 is 33.1. The number of carbonyl (C=O) groups excluding carboxylic acids is 1. The Morgan fingerprint density at radius 1 is 1.32 bits per heavy atom. The molecule has 0 spiro atoms. The first kappa shape index (κ1) is 22.3. The number of amides is 1. The van der Waals surface area contributed by atoms with Crippen LogP contribution in [0.2, 0.25) is 0 Å². The van der Waals surface area contributed by atoms with Crippen LogP contribution in [0.1, 0.15) is 19.5 Å². The number of alkyl halides is 3. The van der Waals surface area contributed by atoms with Gasteiger partial charge in [0.25, 0.3) is 0 Å². The van der Waals surface area contributed by atoms with E-state index in [1.54, 1.807) is 17.5 Å². The second-order valence-electron chi connectivity index (χ2n) is 6.69. The highest BCUT2D eigenvalue weighted by Gasteiger charge is 2.32. The van der Waals surface area contributed by atoms with Gasteiger partial charge in [0.15, 0.2) is 0 Å². The van der Waals surface area contributed by atoms with E-state index in [1.165, 1.54) is 5.32 Å². The molecule has 0 aromatic carbocycles. The van der Waals surface area contributed by atoms with E-state index in [-0.39, 0.29) is 11.9 Å². The number of nitrogens with one attached hydrogen (secondary N) is 2. The molecule has 0 radical (unpaired) electrons. The van der Waals surface area contributed by atoms with Crippen molar-refractivity contribution in [2.45, 2.75) is 25.6 Å². The topological polar surface area (TPSA) is 70.2 Å². The van der Waals surface area contributed by atoms with Gasteiger partial charge in [-0.25, -0.2) is 4.98 Å². The molecule has 28 heavy (non-hydrogen) atoms. The molecule has 0 bridgehead atoms. The number of hydrogen-bond acceptors (Lipinski definition) is 6. The molecule has 2 aromatic rings. The summed E-state index contributed by atoms with van der Waals surface area (Å²) in [6.45, 7) is 7.54. The van der Waals surface area contributed by atoms with Gasteiger partial charge in [0.1, 0.15) is 11.6 Å². The van der Waals surface area contributed by atoms with Crippen LogP contribution >= 0.6 is 11.3 Å². The quantitative estimate of drug-likeness (QED) is 0.735. The van der Waals surface area contributed by atoms with Crippen LogP contribution in [0.5, 0.6) is 0 Å². The number of hydrogen-bond donors (Lipinski definition) is 2. The molecule has 0 unspecified atom stereocenters. The van der Waals surface area contributed by atoms with Crippen LogP contribution in [0.25, 0.3) is 10.6 Å². The van der Waals surface area contributed by atoms with Crippen LogP contribution in [-0.4, -0.2) is 60.2 Å². The van der Waals surface area contributed by atoms with Crippen LogP contribution in [0.3, 0.4) is 0 Å². The standard InChI is InChI=1S/C15H20N4S.C3H4F3NO/c1-15(2,19-8-6-16-7-9-19)13-11-20-14(18-13)12-4-3-5-17-10-12;4-3(5,6)1-7-2-8/h3-5,10-11,16H,6-9H2,1-2H3;2H,1H2,(H,7,8). The minimum absolute atomic E-state index is 0.00743. The molecule has 2 N–H and O–H groups in total. The number of carbonyl (C=O) groups is 1. The Hall–Kier alpha value is -2.04. The van der Waals surface area contributed by atoms with Crippen molar-refractivity contribution in [3.63, 3.8) is 0 Å². The number of rotatable bonds is 5. The molecule has 3 rings (SSSR count). The van der Waals surface area contributed by atoms with Crippen molar-refractivity contribution in [1.82, 2.24) is 25.5 Å². The zero-order valence-corrected chi connectivity index (χ0v) is 16.6. The first-order valence-electron chi connectivity index (χ1n) is 8.80. The Morgan fingerprint density at radius 3 is 2.57 bits per heavy atom. The van der Waals surface area contributed by atoms with E-state index in [9.17, 15) is 18.0 Å². The third-order valence-corrected chi connectivity index (χ3v) is 5.22. The van der Waals surface area contributed by atoms with E-state index in [4.69, 9.17) is 4.98 Å². The Balaban J connectivity index is 0.000000300. The lowest BCUT2D eigenvalue weighted by molar-refractivity contribution is -0.132. The van der Waals surface area contributed by atoms with Crippen LogP contribution in [0.15, 0.2) is 29.9 Å². The molecule has 1 amide bonds. The summed E-state index contributed by atoms with van der Waals surface area (Å²) in [5.74, 6) is 0. The molecule has 0 atom stereocenters. The second-order valence-corrected chi connectivity index (χ2v) is 7.55. The fourth-order valence-electron chi connectivity index (χ4n) is 2.72. The van der Waals surface area contributed by atoms with E-state index >= 15 is 0 Å². The molecule has 0 aliphatic carbocycles. The Labute approximate surface area is 166 Å². The van der Waals surface area contributed by atoms with Crippen molar-refractivity contribution in [3.05, 3.63) is 35.6 Å². The van der Waals surface area contributed by atoms with Gasteiger partial charge in [-0.05, 0) is 26.0 Å². The summed E-state index contributed by atoms with van der Waals surface area (Å²) in [4.78, 5) is 20.8. The van der Waals surface area contributed by atoms with Gasteiger partial charge in [0.2, 0.25) is 6.41 Å². The SMILES string of the molecule is CC(C)(c1csc(-c2cccnc2)n1)N1CCNCC1.O=CNCC(F)(F)F.